The summed E-state index contributed by atoms with van der Waals surface area (Å²) in [5, 5.41) is 0. The Kier molecular flexibility index (Phi) is 5.55. The van der Waals surface area contributed by atoms with Crippen molar-refractivity contribution in [2.24, 2.45) is 11.7 Å². The molecule has 1 atom stereocenters. The van der Waals surface area contributed by atoms with Gasteiger partial charge < -0.3 is 10.5 Å². The highest BCUT2D eigenvalue weighted by atomic mass is 32.2. The van der Waals surface area contributed by atoms with E-state index in [0.717, 1.165) is 19.3 Å². The van der Waals surface area contributed by atoms with E-state index in [0.29, 0.717) is 19.6 Å². The standard InChI is InChI=1S/C15H22N2O4S/c1-21-15(18)13-6-2-3-7-14(13)22(19,20)17-10-4-5-12(11-17)8-9-16/h2-3,6-7,12H,4-5,8-11,16H2,1H3. The molecule has 0 spiro atoms. The number of carbonyl (C=O) groups is 1. The van der Waals surface area contributed by atoms with Gasteiger partial charge in [-0.25, -0.2) is 13.2 Å². The number of hydrogen-bond donors (Lipinski definition) is 1. The number of methoxy groups -OCH3 is 1. The van der Waals surface area contributed by atoms with E-state index in [4.69, 9.17) is 5.73 Å². The lowest BCUT2D eigenvalue weighted by Crippen LogP contribution is -2.40. The normalized spacial score (nSPS) is 19.8. The number of nitrogens with two attached hydrogens (primary N) is 1. The molecule has 6 nitrogen and oxygen atoms in total. The van der Waals surface area contributed by atoms with E-state index in [2.05, 4.69) is 4.74 Å². The molecule has 1 aliphatic rings. The fourth-order valence-electron chi connectivity index (χ4n) is 2.83. The summed E-state index contributed by atoms with van der Waals surface area (Å²) in [6.07, 6.45) is 2.61. The summed E-state index contributed by atoms with van der Waals surface area (Å²) in [5.74, 6) is -0.367. The molecule has 122 valence electrons. The van der Waals surface area contributed by atoms with Crippen molar-refractivity contribution in [1.82, 2.24) is 4.31 Å². The van der Waals surface area contributed by atoms with Gasteiger partial charge in [0.2, 0.25) is 10.0 Å². The Bertz CT molecular complexity index is 628. The van der Waals surface area contributed by atoms with Crippen LogP contribution in [0.15, 0.2) is 29.2 Å². The predicted octanol–water partition coefficient (Wildman–Crippen LogP) is 1.22. The van der Waals surface area contributed by atoms with E-state index in [1.165, 1.54) is 23.5 Å². The third kappa shape index (κ3) is 3.48. The second kappa shape index (κ2) is 7.21. The summed E-state index contributed by atoms with van der Waals surface area (Å²) in [5.41, 5.74) is 5.65. The van der Waals surface area contributed by atoms with Crippen molar-refractivity contribution in [2.75, 3.05) is 26.7 Å². The van der Waals surface area contributed by atoms with Gasteiger partial charge in [0, 0.05) is 13.1 Å². The topological polar surface area (TPSA) is 89.7 Å². The average molecular weight is 326 g/mol. The minimum atomic E-state index is -3.71. The maximum atomic E-state index is 12.9. The number of benzene rings is 1. The van der Waals surface area contributed by atoms with Crippen molar-refractivity contribution in [2.45, 2.75) is 24.2 Å². The number of piperidine rings is 1. The van der Waals surface area contributed by atoms with Gasteiger partial charge in [0.15, 0.2) is 0 Å². The molecule has 0 amide bonds. The Morgan fingerprint density at radius 1 is 1.41 bits per heavy atom. The molecule has 0 aliphatic carbocycles. The predicted molar refractivity (Wildman–Crippen MR) is 82.9 cm³/mol. The average Bonchev–Trinajstić information content (AvgIpc) is 2.54. The molecule has 0 bridgehead atoms. The van der Waals surface area contributed by atoms with Gasteiger partial charge in [0.1, 0.15) is 0 Å². The van der Waals surface area contributed by atoms with Crippen molar-refractivity contribution in [1.29, 1.82) is 0 Å². The molecular weight excluding hydrogens is 304 g/mol. The summed E-state index contributed by atoms with van der Waals surface area (Å²) in [6.45, 7) is 1.48. The minimum Gasteiger partial charge on any atom is -0.465 e. The molecule has 22 heavy (non-hydrogen) atoms. The van der Waals surface area contributed by atoms with Crippen molar-refractivity contribution in [3.05, 3.63) is 29.8 Å². The third-order valence-electron chi connectivity index (χ3n) is 3.97. The SMILES string of the molecule is COC(=O)c1ccccc1S(=O)(=O)N1CCCC(CCN)C1. The Morgan fingerprint density at radius 3 is 2.82 bits per heavy atom. The van der Waals surface area contributed by atoms with Gasteiger partial charge in [-0.3, -0.25) is 0 Å². The van der Waals surface area contributed by atoms with Crippen LogP contribution in [0.3, 0.4) is 0 Å². The largest absolute Gasteiger partial charge is 0.465 e. The molecule has 0 aromatic heterocycles. The van der Waals surface area contributed by atoms with E-state index in [-0.39, 0.29) is 16.4 Å². The van der Waals surface area contributed by atoms with E-state index < -0.39 is 16.0 Å². The Labute approximate surface area is 131 Å². The van der Waals surface area contributed by atoms with Gasteiger partial charge in [-0.2, -0.15) is 4.31 Å². The van der Waals surface area contributed by atoms with Gasteiger partial charge >= 0.3 is 5.97 Å². The lowest BCUT2D eigenvalue weighted by molar-refractivity contribution is 0.0596. The lowest BCUT2D eigenvalue weighted by Gasteiger charge is -2.32. The van der Waals surface area contributed by atoms with Crippen LogP contribution in [0.4, 0.5) is 0 Å². The highest BCUT2D eigenvalue weighted by molar-refractivity contribution is 7.89. The first-order valence-electron chi connectivity index (χ1n) is 7.38. The molecule has 1 fully saturated rings. The quantitative estimate of drug-likeness (QED) is 0.822. The summed E-state index contributed by atoms with van der Waals surface area (Å²) in [6, 6.07) is 6.16. The van der Waals surface area contributed by atoms with Crippen molar-refractivity contribution >= 4 is 16.0 Å². The van der Waals surface area contributed by atoms with E-state index in [1.54, 1.807) is 12.1 Å². The molecule has 1 aromatic carbocycles. The first-order chi connectivity index (χ1) is 10.5. The van der Waals surface area contributed by atoms with Gasteiger partial charge in [0.25, 0.3) is 0 Å². The third-order valence-corrected chi connectivity index (χ3v) is 5.89. The number of rotatable bonds is 5. The van der Waals surface area contributed by atoms with Gasteiger partial charge in [-0.15, -0.1) is 0 Å². The molecule has 1 unspecified atom stereocenters. The van der Waals surface area contributed by atoms with Gasteiger partial charge in [-0.05, 0) is 43.9 Å². The Morgan fingerprint density at radius 2 is 2.14 bits per heavy atom. The van der Waals surface area contributed by atoms with Crippen LogP contribution in [0.1, 0.15) is 29.6 Å². The van der Waals surface area contributed by atoms with Gasteiger partial charge in [-0.1, -0.05) is 12.1 Å². The van der Waals surface area contributed by atoms with Crippen LogP contribution in [0, 0.1) is 5.92 Å². The number of carbonyl (C=O) groups excluding carboxylic acids is 1. The first kappa shape index (κ1) is 16.9. The zero-order valence-electron chi connectivity index (χ0n) is 12.7. The number of ether oxygens (including phenoxy) is 1. The summed E-state index contributed by atoms with van der Waals surface area (Å²) >= 11 is 0. The molecule has 1 heterocycles. The van der Waals surface area contributed by atoms with Crippen molar-refractivity contribution in [3.63, 3.8) is 0 Å². The van der Waals surface area contributed by atoms with E-state index in [9.17, 15) is 13.2 Å². The highest BCUT2D eigenvalue weighted by Gasteiger charge is 2.32. The maximum Gasteiger partial charge on any atom is 0.339 e. The van der Waals surface area contributed by atoms with Crippen molar-refractivity contribution in [3.8, 4) is 0 Å². The van der Waals surface area contributed by atoms with Crippen LogP contribution in [-0.2, 0) is 14.8 Å². The van der Waals surface area contributed by atoms with Crippen LogP contribution in [0.25, 0.3) is 0 Å². The summed E-state index contributed by atoms with van der Waals surface area (Å²) < 4.78 is 31.9. The molecule has 1 aliphatic heterocycles. The number of hydrogen-bond acceptors (Lipinski definition) is 5. The maximum absolute atomic E-state index is 12.9. The summed E-state index contributed by atoms with van der Waals surface area (Å²) in [7, 11) is -2.47. The van der Waals surface area contributed by atoms with Crippen molar-refractivity contribution < 1.29 is 17.9 Å². The molecule has 0 saturated carbocycles. The fourth-order valence-corrected chi connectivity index (χ4v) is 4.56. The lowest BCUT2D eigenvalue weighted by atomic mass is 9.96. The summed E-state index contributed by atoms with van der Waals surface area (Å²) in [4.78, 5) is 11.8. The fraction of sp³-hybridized carbons (Fsp3) is 0.533. The van der Waals surface area contributed by atoms with E-state index >= 15 is 0 Å². The number of sulfonamides is 1. The smallest absolute Gasteiger partial charge is 0.339 e. The molecule has 7 heteroatoms. The number of nitrogens with zero attached hydrogens (tertiary/aromatic N) is 1. The van der Waals surface area contributed by atoms with Crippen LogP contribution in [0.5, 0.6) is 0 Å². The molecular formula is C15H22N2O4S. The van der Waals surface area contributed by atoms with Crippen LogP contribution >= 0.6 is 0 Å². The van der Waals surface area contributed by atoms with Gasteiger partial charge in [0.05, 0.1) is 17.6 Å². The van der Waals surface area contributed by atoms with E-state index in [1.807, 2.05) is 0 Å². The second-order valence-electron chi connectivity index (χ2n) is 5.44. The zero-order chi connectivity index (χ0) is 16.2. The first-order valence-corrected chi connectivity index (χ1v) is 8.82. The molecule has 0 radical (unpaired) electrons. The minimum absolute atomic E-state index is 0.00949. The zero-order valence-corrected chi connectivity index (χ0v) is 13.5. The Balaban J connectivity index is 2.32. The molecule has 1 aromatic rings. The van der Waals surface area contributed by atoms with Crippen LogP contribution in [-0.4, -0.2) is 45.4 Å². The monoisotopic (exact) mass is 326 g/mol. The Hall–Kier alpha value is -1.44. The van der Waals surface area contributed by atoms with Crippen LogP contribution in [0.2, 0.25) is 0 Å². The molecule has 1 saturated heterocycles. The van der Waals surface area contributed by atoms with Crippen LogP contribution < -0.4 is 5.73 Å². The highest BCUT2D eigenvalue weighted by Crippen LogP contribution is 2.27. The molecule has 2 rings (SSSR count). The second-order valence-corrected chi connectivity index (χ2v) is 7.34. The number of esters is 1. The molecule has 2 N–H and O–H groups in total.